The Bertz CT molecular complexity index is 559. The Morgan fingerprint density at radius 3 is 3.05 bits per heavy atom. The van der Waals surface area contributed by atoms with Gasteiger partial charge in [-0.15, -0.1) is 0 Å². The summed E-state index contributed by atoms with van der Waals surface area (Å²) in [5, 5.41) is 3.32. The number of fused-ring (bicyclic) bond motifs is 1. The summed E-state index contributed by atoms with van der Waals surface area (Å²) >= 11 is 0. The number of anilines is 1. The van der Waals surface area contributed by atoms with Gasteiger partial charge in [0.25, 0.3) is 0 Å². The van der Waals surface area contributed by atoms with E-state index >= 15 is 0 Å². The average molecular weight is 256 g/mol. The minimum Gasteiger partial charge on any atom is -0.385 e. The van der Waals surface area contributed by atoms with Gasteiger partial charge in [-0.1, -0.05) is 0 Å². The molecule has 1 aliphatic carbocycles. The molecule has 0 radical (unpaired) electrons. The van der Waals surface area contributed by atoms with E-state index in [4.69, 9.17) is 0 Å². The quantitative estimate of drug-likeness (QED) is 0.914. The molecule has 2 aromatic heterocycles. The van der Waals surface area contributed by atoms with Gasteiger partial charge in [0.15, 0.2) is 0 Å². The first-order chi connectivity index (χ1) is 9.36. The number of hydrogen-bond donors (Lipinski definition) is 1. The van der Waals surface area contributed by atoms with Crippen LogP contribution in [0.25, 0.3) is 0 Å². The molecular formula is C15H20N4. The summed E-state index contributed by atoms with van der Waals surface area (Å²) in [7, 11) is 0. The molecule has 1 aliphatic rings. The van der Waals surface area contributed by atoms with Crippen molar-refractivity contribution in [3.8, 4) is 0 Å². The van der Waals surface area contributed by atoms with Gasteiger partial charge in [-0.05, 0) is 44.7 Å². The fraction of sp³-hybridized carbons (Fsp3) is 0.467. The highest BCUT2D eigenvalue weighted by Gasteiger charge is 2.15. The molecule has 0 spiro atoms. The van der Waals surface area contributed by atoms with Crippen molar-refractivity contribution >= 4 is 5.69 Å². The van der Waals surface area contributed by atoms with Gasteiger partial charge in [-0.25, -0.2) is 4.98 Å². The predicted octanol–water partition coefficient (Wildman–Crippen LogP) is 2.64. The number of nitrogens with one attached hydrogen (secondary N) is 1. The largest absolute Gasteiger partial charge is 0.385 e. The summed E-state index contributed by atoms with van der Waals surface area (Å²) in [6.07, 6.45) is 8.69. The van der Waals surface area contributed by atoms with E-state index in [2.05, 4.69) is 32.8 Å². The first kappa shape index (κ1) is 12.2. The molecule has 4 heteroatoms. The zero-order valence-corrected chi connectivity index (χ0v) is 11.4. The highest BCUT2D eigenvalue weighted by molar-refractivity contribution is 5.43. The minimum atomic E-state index is 0.821. The third kappa shape index (κ3) is 2.62. The topological polar surface area (TPSA) is 42.7 Å². The van der Waals surface area contributed by atoms with Crippen LogP contribution in [0.5, 0.6) is 0 Å². The molecule has 2 aromatic rings. The highest BCUT2D eigenvalue weighted by atomic mass is 15.1. The normalized spacial score (nSPS) is 14.2. The standard InChI is InChI=1S/C15H20N4/c1-2-16-12-7-8-17-13(9-12)10-19-11-18-14-5-3-4-6-15(14)19/h7-9,11H,2-6,10H2,1H3,(H,16,17). The molecule has 0 fully saturated rings. The van der Waals surface area contributed by atoms with Gasteiger partial charge in [0.2, 0.25) is 0 Å². The smallest absolute Gasteiger partial charge is 0.0955 e. The summed E-state index contributed by atoms with van der Waals surface area (Å²) < 4.78 is 2.26. The lowest BCUT2D eigenvalue weighted by Crippen LogP contribution is -2.10. The molecule has 0 unspecified atom stereocenters. The molecular weight excluding hydrogens is 236 g/mol. The Kier molecular flexibility index (Phi) is 3.49. The Balaban J connectivity index is 1.81. The zero-order chi connectivity index (χ0) is 13.1. The van der Waals surface area contributed by atoms with Crippen LogP contribution in [-0.4, -0.2) is 21.1 Å². The van der Waals surface area contributed by atoms with E-state index in [0.717, 1.165) is 37.3 Å². The molecule has 0 atom stereocenters. The highest BCUT2D eigenvalue weighted by Crippen LogP contribution is 2.20. The lowest BCUT2D eigenvalue weighted by Gasteiger charge is -2.14. The Hall–Kier alpha value is -1.84. The fourth-order valence-corrected chi connectivity index (χ4v) is 2.72. The molecule has 19 heavy (non-hydrogen) atoms. The van der Waals surface area contributed by atoms with Gasteiger partial charge < -0.3 is 9.88 Å². The molecule has 0 bridgehead atoms. The number of pyridine rings is 1. The first-order valence-corrected chi connectivity index (χ1v) is 7.08. The predicted molar refractivity (Wildman–Crippen MR) is 76.4 cm³/mol. The van der Waals surface area contributed by atoms with Crippen LogP contribution in [0.4, 0.5) is 5.69 Å². The van der Waals surface area contributed by atoms with Crippen LogP contribution < -0.4 is 5.32 Å². The molecule has 0 aliphatic heterocycles. The Morgan fingerprint density at radius 1 is 1.26 bits per heavy atom. The van der Waals surface area contributed by atoms with Crippen molar-refractivity contribution in [2.45, 2.75) is 39.2 Å². The van der Waals surface area contributed by atoms with E-state index in [0.29, 0.717) is 0 Å². The third-order valence-electron chi connectivity index (χ3n) is 3.64. The molecule has 2 heterocycles. The van der Waals surface area contributed by atoms with Crippen LogP contribution in [0.3, 0.4) is 0 Å². The lowest BCUT2D eigenvalue weighted by molar-refractivity contribution is 0.625. The summed E-state index contributed by atoms with van der Waals surface area (Å²) in [5.41, 5.74) is 4.92. The van der Waals surface area contributed by atoms with Gasteiger partial charge in [0, 0.05) is 24.1 Å². The van der Waals surface area contributed by atoms with Crippen molar-refractivity contribution in [1.82, 2.24) is 14.5 Å². The van der Waals surface area contributed by atoms with Crippen molar-refractivity contribution in [2.75, 3.05) is 11.9 Å². The van der Waals surface area contributed by atoms with Crippen LogP contribution in [0.2, 0.25) is 0 Å². The van der Waals surface area contributed by atoms with Gasteiger partial charge in [-0.2, -0.15) is 0 Å². The Morgan fingerprint density at radius 2 is 2.16 bits per heavy atom. The molecule has 1 N–H and O–H groups in total. The molecule has 4 nitrogen and oxygen atoms in total. The van der Waals surface area contributed by atoms with E-state index in [1.54, 1.807) is 0 Å². The second kappa shape index (κ2) is 5.43. The maximum Gasteiger partial charge on any atom is 0.0955 e. The fourth-order valence-electron chi connectivity index (χ4n) is 2.72. The van der Waals surface area contributed by atoms with Crippen molar-refractivity contribution < 1.29 is 0 Å². The van der Waals surface area contributed by atoms with Crippen LogP contribution >= 0.6 is 0 Å². The molecule has 3 rings (SSSR count). The lowest BCUT2D eigenvalue weighted by atomic mass is 10.0. The van der Waals surface area contributed by atoms with E-state index in [-0.39, 0.29) is 0 Å². The van der Waals surface area contributed by atoms with Crippen LogP contribution in [0, 0.1) is 0 Å². The van der Waals surface area contributed by atoms with Gasteiger partial charge in [-0.3, -0.25) is 4.98 Å². The number of rotatable bonds is 4. The summed E-state index contributed by atoms with van der Waals surface area (Å²) in [6, 6.07) is 4.13. The van der Waals surface area contributed by atoms with E-state index in [9.17, 15) is 0 Å². The number of aromatic nitrogens is 3. The molecule has 0 saturated heterocycles. The van der Waals surface area contributed by atoms with Crippen molar-refractivity contribution in [3.05, 3.63) is 41.7 Å². The summed E-state index contributed by atoms with van der Waals surface area (Å²) in [4.78, 5) is 8.99. The SMILES string of the molecule is CCNc1ccnc(Cn2cnc3c2CCCC3)c1. The summed E-state index contributed by atoms with van der Waals surface area (Å²) in [5.74, 6) is 0. The Labute approximate surface area is 113 Å². The molecule has 0 aromatic carbocycles. The van der Waals surface area contributed by atoms with Crippen molar-refractivity contribution in [3.63, 3.8) is 0 Å². The van der Waals surface area contributed by atoms with Crippen molar-refractivity contribution in [2.24, 2.45) is 0 Å². The summed E-state index contributed by atoms with van der Waals surface area (Å²) in [6.45, 7) is 3.86. The maximum atomic E-state index is 4.53. The van der Waals surface area contributed by atoms with E-state index in [1.807, 2.05) is 18.6 Å². The van der Waals surface area contributed by atoms with Crippen LogP contribution in [0.15, 0.2) is 24.7 Å². The second-order valence-electron chi connectivity index (χ2n) is 5.04. The van der Waals surface area contributed by atoms with E-state index < -0.39 is 0 Å². The van der Waals surface area contributed by atoms with Gasteiger partial charge in [0.1, 0.15) is 0 Å². The van der Waals surface area contributed by atoms with Gasteiger partial charge >= 0.3 is 0 Å². The zero-order valence-electron chi connectivity index (χ0n) is 11.4. The average Bonchev–Trinajstić information content (AvgIpc) is 2.83. The molecule has 0 amide bonds. The second-order valence-corrected chi connectivity index (χ2v) is 5.04. The number of hydrogen-bond acceptors (Lipinski definition) is 3. The number of aryl methyl sites for hydroxylation is 1. The maximum absolute atomic E-state index is 4.53. The van der Waals surface area contributed by atoms with Crippen LogP contribution in [-0.2, 0) is 19.4 Å². The number of imidazole rings is 1. The molecule has 100 valence electrons. The third-order valence-corrected chi connectivity index (χ3v) is 3.64. The monoisotopic (exact) mass is 256 g/mol. The van der Waals surface area contributed by atoms with Crippen molar-refractivity contribution in [1.29, 1.82) is 0 Å². The number of nitrogens with zero attached hydrogens (tertiary/aromatic N) is 3. The van der Waals surface area contributed by atoms with E-state index in [1.165, 1.54) is 24.2 Å². The first-order valence-electron chi connectivity index (χ1n) is 7.08. The van der Waals surface area contributed by atoms with Gasteiger partial charge in [0.05, 0.1) is 24.3 Å². The molecule has 0 saturated carbocycles. The minimum absolute atomic E-state index is 0.821. The van der Waals surface area contributed by atoms with Crippen LogP contribution in [0.1, 0.15) is 36.8 Å².